The van der Waals surface area contributed by atoms with Gasteiger partial charge in [-0.05, 0) is 60.6 Å². The summed E-state index contributed by atoms with van der Waals surface area (Å²) in [6.45, 7) is 2.00. The molecule has 0 aromatic heterocycles. The predicted octanol–water partition coefficient (Wildman–Crippen LogP) is 6.02. The molecule has 0 spiro atoms. The number of esters is 1. The number of halogens is 4. The van der Waals surface area contributed by atoms with E-state index in [1.165, 1.54) is 25.3 Å². The summed E-state index contributed by atoms with van der Waals surface area (Å²) in [5.74, 6) is -1.25. The molecule has 0 heterocycles. The Balaban J connectivity index is 1.96. The number of benzene rings is 2. The molecule has 174 valence electrons. The average molecular weight is 479 g/mol. The smallest absolute Gasteiger partial charge is 0.417 e. The molecule has 2 aromatic rings. The summed E-state index contributed by atoms with van der Waals surface area (Å²) >= 11 is 5.96. The second kappa shape index (κ2) is 9.79. The number of carbonyl (C=O) groups is 2. The number of allylic oxidation sites excluding steroid dienone is 2. The second-order valence-electron chi connectivity index (χ2n) is 7.86. The Bertz CT molecular complexity index is 1120. The molecular formula is C24H22ClF3N2O3. The average Bonchev–Trinajstić information content (AvgIpc) is 2.78. The van der Waals surface area contributed by atoms with E-state index in [-0.39, 0.29) is 16.7 Å². The van der Waals surface area contributed by atoms with Gasteiger partial charge in [-0.2, -0.15) is 13.2 Å². The van der Waals surface area contributed by atoms with Gasteiger partial charge in [-0.3, -0.25) is 10.2 Å². The maximum atomic E-state index is 13.4. The summed E-state index contributed by atoms with van der Waals surface area (Å²) in [7, 11) is 1.27. The fourth-order valence-corrected chi connectivity index (χ4v) is 4.02. The number of ether oxygens (including phenoxy) is 1. The highest BCUT2D eigenvalue weighted by atomic mass is 35.5. The molecule has 9 heteroatoms. The predicted molar refractivity (Wildman–Crippen MR) is 119 cm³/mol. The number of carbonyl (C=O) groups excluding carboxylic acids is 2. The molecule has 1 amide bonds. The van der Waals surface area contributed by atoms with Crippen LogP contribution in [0.1, 0.15) is 58.0 Å². The molecule has 0 saturated carbocycles. The zero-order valence-electron chi connectivity index (χ0n) is 18.0. The topological polar surface area (TPSA) is 79.2 Å². The summed E-state index contributed by atoms with van der Waals surface area (Å²) in [4.78, 5) is 24.5. The van der Waals surface area contributed by atoms with Crippen molar-refractivity contribution >= 4 is 29.2 Å². The Labute approximate surface area is 194 Å². The number of rotatable bonds is 5. The molecule has 0 radical (unpaired) electrons. The number of hydrogen-bond acceptors (Lipinski definition) is 4. The van der Waals surface area contributed by atoms with Crippen LogP contribution in [0.4, 0.5) is 13.2 Å². The standard InChI is InChI=1S/C24H22ClF3N2O3/c1-13-6-11-19(30-22(31)20-17(24(26,27)28)4-3-5-18(20)25)16(12-13)21(29)14-7-9-15(10-8-14)23(32)33-2/h3-5,7-10,13,29H,6,11-12H2,1-2H3,(H,30,31). The molecule has 33 heavy (non-hydrogen) atoms. The molecule has 1 aliphatic carbocycles. The van der Waals surface area contributed by atoms with Crippen molar-refractivity contribution in [1.82, 2.24) is 5.32 Å². The van der Waals surface area contributed by atoms with Crippen LogP contribution in [0, 0.1) is 11.3 Å². The van der Waals surface area contributed by atoms with Crippen molar-refractivity contribution in [3.8, 4) is 0 Å². The number of alkyl halides is 3. The molecule has 1 atom stereocenters. The third-order valence-electron chi connectivity index (χ3n) is 5.51. The van der Waals surface area contributed by atoms with E-state index in [2.05, 4.69) is 10.1 Å². The van der Waals surface area contributed by atoms with Crippen LogP contribution in [-0.2, 0) is 10.9 Å². The van der Waals surface area contributed by atoms with Crippen LogP contribution in [0.2, 0.25) is 5.02 Å². The Morgan fingerprint density at radius 2 is 1.76 bits per heavy atom. The van der Waals surface area contributed by atoms with E-state index in [0.29, 0.717) is 41.7 Å². The van der Waals surface area contributed by atoms with E-state index < -0.39 is 29.2 Å². The summed E-state index contributed by atoms with van der Waals surface area (Å²) < 4.78 is 45.0. The van der Waals surface area contributed by atoms with Gasteiger partial charge in [-0.1, -0.05) is 36.7 Å². The van der Waals surface area contributed by atoms with E-state index in [9.17, 15) is 22.8 Å². The van der Waals surface area contributed by atoms with Crippen LogP contribution in [-0.4, -0.2) is 24.7 Å². The Morgan fingerprint density at radius 3 is 2.36 bits per heavy atom. The summed E-state index contributed by atoms with van der Waals surface area (Å²) in [5.41, 5.74) is 0.128. The van der Waals surface area contributed by atoms with Crippen LogP contribution in [0.25, 0.3) is 0 Å². The lowest BCUT2D eigenvalue weighted by molar-refractivity contribution is -0.137. The number of methoxy groups -OCH3 is 1. The monoisotopic (exact) mass is 478 g/mol. The third-order valence-corrected chi connectivity index (χ3v) is 5.83. The van der Waals surface area contributed by atoms with E-state index in [0.717, 1.165) is 12.1 Å². The summed E-state index contributed by atoms with van der Waals surface area (Å²) in [5, 5.41) is 11.0. The maximum Gasteiger partial charge on any atom is 0.417 e. The molecule has 2 N–H and O–H groups in total. The first-order chi connectivity index (χ1) is 15.5. The number of nitrogens with one attached hydrogen (secondary N) is 2. The van der Waals surface area contributed by atoms with Crippen LogP contribution in [0.15, 0.2) is 53.7 Å². The maximum absolute atomic E-state index is 13.4. The van der Waals surface area contributed by atoms with Crippen molar-refractivity contribution in [2.45, 2.75) is 32.4 Å². The van der Waals surface area contributed by atoms with Crippen molar-refractivity contribution in [1.29, 1.82) is 5.41 Å². The van der Waals surface area contributed by atoms with Crippen LogP contribution < -0.4 is 5.32 Å². The van der Waals surface area contributed by atoms with Gasteiger partial charge in [0.05, 0.1) is 34.5 Å². The third kappa shape index (κ3) is 5.45. The minimum Gasteiger partial charge on any atom is -0.465 e. The van der Waals surface area contributed by atoms with Gasteiger partial charge in [0.15, 0.2) is 0 Å². The van der Waals surface area contributed by atoms with Gasteiger partial charge in [0.2, 0.25) is 0 Å². The lowest BCUT2D eigenvalue weighted by atomic mass is 9.83. The van der Waals surface area contributed by atoms with Gasteiger partial charge in [0.1, 0.15) is 0 Å². The Morgan fingerprint density at radius 1 is 1.12 bits per heavy atom. The fraction of sp³-hybridized carbons (Fsp3) is 0.292. The van der Waals surface area contributed by atoms with Gasteiger partial charge < -0.3 is 10.1 Å². The van der Waals surface area contributed by atoms with Crippen molar-refractivity contribution in [2.75, 3.05) is 7.11 Å². The van der Waals surface area contributed by atoms with Crippen molar-refractivity contribution < 1.29 is 27.5 Å². The lowest BCUT2D eigenvalue weighted by Gasteiger charge is -2.26. The van der Waals surface area contributed by atoms with Crippen LogP contribution in [0.5, 0.6) is 0 Å². The minimum absolute atomic E-state index is 0.128. The highest BCUT2D eigenvalue weighted by molar-refractivity contribution is 6.34. The first-order valence-electron chi connectivity index (χ1n) is 10.2. The SMILES string of the molecule is COC(=O)c1ccc(C(=N)C2=C(NC(=O)c3c(Cl)cccc3C(F)(F)F)CCC(C)C2)cc1. The first-order valence-corrected chi connectivity index (χ1v) is 10.6. The van der Waals surface area contributed by atoms with Gasteiger partial charge in [-0.25, -0.2) is 4.79 Å². The normalized spacial score (nSPS) is 16.4. The highest BCUT2D eigenvalue weighted by Gasteiger charge is 2.36. The van der Waals surface area contributed by atoms with E-state index in [1.54, 1.807) is 12.1 Å². The molecule has 1 aliphatic rings. The lowest BCUT2D eigenvalue weighted by Crippen LogP contribution is -2.30. The van der Waals surface area contributed by atoms with Gasteiger partial charge in [-0.15, -0.1) is 0 Å². The molecule has 0 saturated heterocycles. The molecule has 0 bridgehead atoms. The van der Waals surface area contributed by atoms with Crippen LogP contribution in [0.3, 0.4) is 0 Å². The largest absolute Gasteiger partial charge is 0.465 e. The van der Waals surface area contributed by atoms with Crippen molar-refractivity contribution in [3.05, 3.63) is 81.0 Å². The molecule has 5 nitrogen and oxygen atoms in total. The quantitative estimate of drug-likeness (QED) is 0.407. The van der Waals surface area contributed by atoms with E-state index in [1.807, 2.05) is 6.92 Å². The van der Waals surface area contributed by atoms with Gasteiger partial charge >= 0.3 is 12.1 Å². The Hall–Kier alpha value is -3.13. The summed E-state index contributed by atoms with van der Waals surface area (Å²) in [6, 6.07) is 9.42. The Kier molecular flexibility index (Phi) is 7.27. The fourth-order valence-electron chi connectivity index (χ4n) is 3.76. The molecule has 0 aliphatic heterocycles. The van der Waals surface area contributed by atoms with E-state index in [4.69, 9.17) is 17.0 Å². The van der Waals surface area contributed by atoms with Crippen molar-refractivity contribution in [3.63, 3.8) is 0 Å². The number of amides is 1. The van der Waals surface area contributed by atoms with E-state index >= 15 is 0 Å². The van der Waals surface area contributed by atoms with Gasteiger partial charge in [0, 0.05) is 5.70 Å². The summed E-state index contributed by atoms with van der Waals surface area (Å²) in [6.07, 6.45) is -3.16. The molecule has 0 fully saturated rings. The second-order valence-corrected chi connectivity index (χ2v) is 8.27. The zero-order chi connectivity index (χ0) is 24.3. The minimum atomic E-state index is -4.75. The molecule has 3 rings (SSSR count). The molecule has 1 unspecified atom stereocenters. The van der Waals surface area contributed by atoms with Gasteiger partial charge in [0.25, 0.3) is 5.91 Å². The number of hydrogen-bond donors (Lipinski definition) is 2. The molecule has 2 aromatic carbocycles. The first kappa shape index (κ1) is 24.5. The van der Waals surface area contributed by atoms with Crippen LogP contribution >= 0.6 is 11.6 Å². The van der Waals surface area contributed by atoms with Crippen molar-refractivity contribution in [2.24, 2.45) is 5.92 Å². The molecular weight excluding hydrogens is 457 g/mol. The zero-order valence-corrected chi connectivity index (χ0v) is 18.7. The highest BCUT2D eigenvalue weighted by Crippen LogP contribution is 2.36.